The van der Waals surface area contributed by atoms with Crippen molar-refractivity contribution in [2.45, 2.75) is 56.8 Å². The molecule has 150 valence electrons. The number of hydrogen-bond acceptors (Lipinski definition) is 2. The van der Waals surface area contributed by atoms with E-state index in [2.05, 4.69) is 6.07 Å². The number of aliphatic carboxylic acids is 1. The van der Waals surface area contributed by atoms with Gasteiger partial charge in [-0.25, -0.2) is 0 Å². The Bertz CT molecular complexity index is 938. The van der Waals surface area contributed by atoms with E-state index >= 15 is 0 Å². The fourth-order valence-electron chi connectivity index (χ4n) is 6.94. The first kappa shape index (κ1) is 18.6. The molecule has 0 saturated heterocycles. The Kier molecular flexibility index (Phi) is 4.38. The van der Waals surface area contributed by atoms with Gasteiger partial charge < -0.3 is 5.11 Å². The maximum absolute atomic E-state index is 11.9. The zero-order chi connectivity index (χ0) is 20.2. The lowest BCUT2D eigenvalue weighted by Crippen LogP contribution is -2.49. The van der Waals surface area contributed by atoms with Crippen molar-refractivity contribution in [3.8, 4) is 11.1 Å². The highest BCUT2D eigenvalue weighted by Gasteiger charge is 2.52. The minimum Gasteiger partial charge on any atom is -0.481 e. The van der Waals surface area contributed by atoms with Crippen molar-refractivity contribution in [3.05, 3.63) is 59.2 Å². The molecule has 0 radical (unpaired) electrons. The normalized spacial score (nSPS) is 30.9. The molecule has 0 aliphatic heterocycles. The van der Waals surface area contributed by atoms with E-state index < -0.39 is 11.9 Å². The first-order valence-electron chi connectivity index (χ1n) is 10.9. The average Bonchev–Trinajstić information content (AvgIpc) is 2.72. The minimum absolute atomic E-state index is 0.131. The smallest absolute Gasteiger partial charge is 0.310 e. The molecule has 1 unspecified atom stereocenters. The summed E-state index contributed by atoms with van der Waals surface area (Å²) in [4.78, 5) is 23.1. The predicted molar refractivity (Wildman–Crippen MR) is 113 cm³/mol. The highest BCUT2D eigenvalue weighted by molar-refractivity contribution is 5.80. The van der Waals surface area contributed by atoms with Crippen molar-refractivity contribution in [2.75, 3.05) is 0 Å². The standard InChI is InChI=1S/C26H28O3/c1-16(25(28)29)23-6-5-22(21-4-2-3-17(10-21)15-27)11-24(23)26-12-18-7-19(13-26)9-20(8-18)14-26/h2-6,10-11,15-16,18-20H,7-9,12-14H2,1H3,(H,28,29). The Morgan fingerprint density at radius 3 is 2.21 bits per heavy atom. The van der Waals surface area contributed by atoms with Crippen LogP contribution in [0.3, 0.4) is 0 Å². The molecule has 1 N–H and O–H groups in total. The van der Waals surface area contributed by atoms with Gasteiger partial charge in [-0.1, -0.05) is 36.4 Å². The molecule has 3 nitrogen and oxygen atoms in total. The summed E-state index contributed by atoms with van der Waals surface area (Å²) in [6.07, 6.45) is 8.59. The molecule has 0 amide bonds. The second-order valence-corrected chi connectivity index (χ2v) is 9.80. The number of benzene rings is 2. The molecule has 2 aromatic rings. The molecular formula is C26H28O3. The number of rotatable bonds is 5. The van der Waals surface area contributed by atoms with E-state index in [1.54, 1.807) is 0 Å². The molecule has 4 fully saturated rings. The highest BCUT2D eigenvalue weighted by atomic mass is 16.4. The summed E-state index contributed by atoms with van der Waals surface area (Å²) < 4.78 is 0. The highest BCUT2D eigenvalue weighted by Crippen LogP contribution is 2.61. The second kappa shape index (κ2) is 6.83. The van der Waals surface area contributed by atoms with Gasteiger partial charge in [-0.15, -0.1) is 0 Å². The molecule has 1 atom stereocenters. The number of carboxylic acids is 1. The molecule has 29 heavy (non-hydrogen) atoms. The van der Waals surface area contributed by atoms with Crippen molar-refractivity contribution in [3.63, 3.8) is 0 Å². The lowest BCUT2D eigenvalue weighted by molar-refractivity contribution is -0.138. The number of aldehydes is 1. The lowest BCUT2D eigenvalue weighted by Gasteiger charge is -2.57. The molecule has 4 bridgehead atoms. The topological polar surface area (TPSA) is 54.4 Å². The van der Waals surface area contributed by atoms with Crippen LogP contribution in [0.2, 0.25) is 0 Å². The molecule has 0 spiro atoms. The van der Waals surface area contributed by atoms with Crippen molar-refractivity contribution in [1.29, 1.82) is 0 Å². The van der Waals surface area contributed by atoms with Crippen molar-refractivity contribution < 1.29 is 14.7 Å². The third-order valence-electron chi connectivity index (χ3n) is 7.86. The van der Waals surface area contributed by atoms with Gasteiger partial charge >= 0.3 is 5.97 Å². The molecule has 4 aliphatic carbocycles. The van der Waals surface area contributed by atoms with E-state index in [-0.39, 0.29) is 5.41 Å². The fraction of sp³-hybridized carbons (Fsp3) is 0.462. The zero-order valence-electron chi connectivity index (χ0n) is 16.9. The van der Waals surface area contributed by atoms with E-state index in [0.717, 1.165) is 40.7 Å². The van der Waals surface area contributed by atoms with Gasteiger partial charge in [0.25, 0.3) is 0 Å². The quantitative estimate of drug-likeness (QED) is 0.657. The van der Waals surface area contributed by atoms with E-state index in [9.17, 15) is 14.7 Å². The summed E-state index contributed by atoms with van der Waals surface area (Å²) in [5, 5.41) is 9.76. The van der Waals surface area contributed by atoms with Crippen molar-refractivity contribution in [1.82, 2.24) is 0 Å². The van der Waals surface area contributed by atoms with Gasteiger partial charge in [0.2, 0.25) is 0 Å². The van der Waals surface area contributed by atoms with Crippen molar-refractivity contribution in [2.24, 2.45) is 17.8 Å². The van der Waals surface area contributed by atoms with Gasteiger partial charge in [-0.3, -0.25) is 9.59 Å². The van der Waals surface area contributed by atoms with Gasteiger partial charge in [0.15, 0.2) is 0 Å². The Balaban J connectivity index is 1.65. The van der Waals surface area contributed by atoms with Crippen LogP contribution in [0.5, 0.6) is 0 Å². The van der Waals surface area contributed by atoms with E-state index in [4.69, 9.17) is 0 Å². The van der Waals surface area contributed by atoms with Gasteiger partial charge in [0.05, 0.1) is 5.92 Å². The van der Waals surface area contributed by atoms with Gasteiger partial charge in [0, 0.05) is 5.56 Å². The molecule has 0 aromatic heterocycles. The molecule has 2 aromatic carbocycles. The Hall–Kier alpha value is -2.42. The SMILES string of the molecule is CC(C(=O)O)c1ccc(-c2cccc(C=O)c2)cc1C12CC3CC(CC(C3)C1)C2. The summed E-state index contributed by atoms with van der Waals surface area (Å²) in [5.41, 5.74) is 5.15. The van der Waals surface area contributed by atoms with Crippen LogP contribution >= 0.6 is 0 Å². The molecular weight excluding hydrogens is 360 g/mol. The maximum Gasteiger partial charge on any atom is 0.310 e. The maximum atomic E-state index is 11.9. The largest absolute Gasteiger partial charge is 0.481 e. The molecule has 4 aliphatic rings. The third kappa shape index (κ3) is 3.11. The first-order chi connectivity index (χ1) is 14.0. The van der Waals surface area contributed by atoms with E-state index in [1.165, 1.54) is 44.1 Å². The van der Waals surface area contributed by atoms with Crippen LogP contribution in [0, 0.1) is 17.8 Å². The minimum atomic E-state index is -0.758. The fourth-order valence-corrected chi connectivity index (χ4v) is 6.94. The molecule has 3 heteroatoms. The Labute approximate surface area is 172 Å². The van der Waals surface area contributed by atoms with Crippen LogP contribution in [-0.2, 0) is 10.2 Å². The number of carboxylic acid groups (broad SMARTS) is 1. The zero-order valence-corrected chi connectivity index (χ0v) is 16.9. The van der Waals surface area contributed by atoms with Gasteiger partial charge in [-0.05, 0) is 96.9 Å². The summed E-state index contributed by atoms with van der Waals surface area (Å²) in [5.74, 6) is 1.14. The number of carbonyl (C=O) groups is 2. The van der Waals surface area contributed by atoms with Crippen LogP contribution in [0.1, 0.15) is 72.9 Å². The Morgan fingerprint density at radius 1 is 1.00 bits per heavy atom. The van der Waals surface area contributed by atoms with Crippen LogP contribution in [0.25, 0.3) is 11.1 Å². The molecule has 6 rings (SSSR count). The number of hydrogen-bond donors (Lipinski definition) is 1. The molecule has 4 saturated carbocycles. The van der Waals surface area contributed by atoms with E-state index in [0.29, 0.717) is 5.56 Å². The van der Waals surface area contributed by atoms with E-state index in [1.807, 2.05) is 43.3 Å². The van der Waals surface area contributed by atoms with Crippen LogP contribution in [0.15, 0.2) is 42.5 Å². The average molecular weight is 389 g/mol. The summed E-state index contributed by atoms with van der Waals surface area (Å²) in [6.45, 7) is 1.81. The Morgan fingerprint density at radius 2 is 1.62 bits per heavy atom. The van der Waals surface area contributed by atoms with Crippen molar-refractivity contribution >= 4 is 12.3 Å². The summed E-state index contributed by atoms with van der Waals surface area (Å²) in [7, 11) is 0. The van der Waals surface area contributed by atoms with Gasteiger partial charge in [-0.2, -0.15) is 0 Å². The monoisotopic (exact) mass is 388 g/mol. The van der Waals surface area contributed by atoms with Gasteiger partial charge in [0.1, 0.15) is 6.29 Å². The third-order valence-corrected chi connectivity index (χ3v) is 7.86. The number of carbonyl (C=O) groups excluding carboxylic acids is 1. The van der Waals surface area contributed by atoms with Crippen LogP contribution < -0.4 is 0 Å². The lowest BCUT2D eigenvalue weighted by atomic mass is 9.47. The predicted octanol–water partition coefficient (Wildman–Crippen LogP) is 5.82. The van der Waals surface area contributed by atoms with Crippen LogP contribution in [-0.4, -0.2) is 17.4 Å². The molecule has 0 heterocycles. The second-order valence-electron chi connectivity index (χ2n) is 9.80. The summed E-state index contributed by atoms with van der Waals surface area (Å²) >= 11 is 0. The summed E-state index contributed by atoms with van der Waals surface area (Å²) in [6, 6.07) is 14.0. The van der Waals surface area contributed by atoms with Crippen LogP contribution in [0.4, 0.5) is 0 Å². The first-order valence-corrected chi connectivity index (χ1v) is 10.9.